The first-order valence-electron chi connectivity index (χ1n) is 7.20. The highest BCUT2D eigenvalue weighted by molar-refractivity contribution is 6.13. The van der Waals surface area contributed by atoms with Crippen LogP contribution in [-0.4, -0.2) is 16.0 Å². The van der Waals surface area contributed by atoms with Crippen LogP contribution in [0.1, 0.15) is 62.4 Å². The quantitative estimate of drug-likeness (QED) is 0.642. The van der Waals surface area contributed by atoms with E-state index >= 15 is 0 Å². The van der Waals surface area contributed by atoms with Crippen molar-refractivity contribution in [1.29, 1.82) is 0 Å². The second kappa shape index (κ2) is 5.31. The molecule has 0 saturated heterocycles. The molecule has 0 fully saturated rings. The molecule has 1 aliphatic carbocycles. The van der Waals surface area contributed by atoms with Gasteiger partial charge in [-0.05, 0) is 30.5 Å². The molecule has 3 heteroatoms. The number of phenols is 2. The summed E-state index contributed by atoms with van der Waals surface area (Å²) in [5, 5.41) is 20.1. The minimum Gasteiger partial charge on any atom is -0.508 e. The van der Waals surface area contributed by atoms with Crippen molar-refractivity contribution in [1.82, 2.24) is 0 Å². The lowest BCUT2D eigenvalue weighted by molar-refractivity contribution is 0.102. The van der Waals surface area contributed by atoms with Gasteiger partial charge in [0.25, 0.3) is 0 Å². The van der Waals surface area contributed by atoms with Crippen LogP contribution in [-0.2, 0) is 5.41 Å². The van der Waals surface area contributed by atoms with Crippen LogP contribution in [0, 0.1) is 0 Å². The van der Waals surface area contributed by atoms with Gasteiger partial charge in [0.1, 0.15) is 11.5 Å². The van der Waals surface area contributed by atoms with Gasteiger partial charge in [-0.3, -0.25) is 4.79 Å². The summed E-state index contributed by atoms with van der Waals surface area (Å²) in [7, 11) is 0. The predicted molar refractivity (Wildman–Crippen MR) is 79.4 cm³/mol. The zero-order chi connectivity index (χ0) is 14.9. The van der Waals surface area contributed by atoms with E-state index in [0.717, 1.165) is 31.3 Å². The molecule has 2 rings (SSSR count). The maximum atomic E-state index is 12.5. The molecule has 0 unspecified atom stereocenters. The molecule has 0 radical (unpaired) electrons. The van der Waals surface area contributed by atoms with Crippen LogP contribution < -0.4 is 0 Å². The Hall–Kier alpha value is -1.77. The van der Waals surface area contributed by atoms with Gasteiger partial charge in [-0.2, -0.15) is 0 Å². The molecule has 0 bridgehead atoms. The molecule has 0 spiro atoms. The van der Waals surface area contributed by atoms with Crippen LogP contribution in [0.15, 0.2) is 23.8 Å². The third kappa shape index (κ3) is 2.45. The highest BCUT2D eigenvalue weighted by atomic mass is 16.3. The molecule has 0 saturated carbocycles. The molecule has 0 aliphatic heterocycles. The van der Waals surface area contributed by atoms with Gasteiger partial charge in [0.05, 0.1) is 5.56 Å². The Balaban J connectivity index is 2.47. The molecule has 1 aliphatic rings. The minimum atomic E-state index is -0.451. The number of benzene rings is 1. The maximum Gasteiger partial charge on any atom is 0.192 e. The first-order valence-corrected chi connectivity index (χ1v) is 7.20. The first-order chi connectivity index (χ1) is 9.38. The Morgan fingerprint density at radius 2 is 1.75 bits per heavy atom. The van der Waals surface area contributed by atoms with E-state index in [1.54, 1.807) is 0 Å². The molecule has 20 heavy (non-hydrogen) atoms. The van der Waals surface area contributed by atoms with Crippen LogP contribution in [0.5, 0.6) is 11.5 Å². The molecule has 0 atom stereocenters. The second-order valence-corrected chi connectivity index (χ2v) is 6.03. The van der Waals surface area contributed by atoms with E-state index in [-0.39, 0.29) is 22.8 Å². The van der Waals surface area contributed by atoms with Crippen LogP contribution >= 0.6 is 0 Å². The third-order valence-electron chi connectivity index (χ3n) is 3.91. The SMILES string of the molecule is CCCCCC1=CC(C)(C)c2c(O)ccc(O)c2C1=O. The van der Waals surface area contributed by atoms with E-state index in [9.17, 15) is 15.0 Å². The van der Waals surface area contributed by atoms with Crippen LogP contribution in [0.2, 0.25) is 0 Å². The van der Waals surface area contributed by atoms with Crippen molar-refractivity contribution >= 4 is 5.78 Å². The van der Waals surface area contributed by atoms with Gasteiger partial charge in [-0.15, -0.1) is 0 Å². The summed E-state index contributed by atoms with van der Waals surface area (Å²) in [4.78, 5) is 12.5. The van der Waals surface area contributed by atoms with E-state index in [4.69, 9.17) is 0 Å². The second-order valence-electron chi connectivity index (χ2n) is 6.03. The summed E-state index contributed by atoms with van der Waals surface area (Å²) in [6, 6.07) is 2.83. The predicted octanol–water partition coefficient (Wildman–Crippen LogP) is 4.08. The Labute approximate surface area is 120 Å². The van der Waals surface area contributed by atoms with Gasteiger partial charge in [0.15, 0.2) is 5.78 Å². The van der Waals surface area contributed by atoms with E-state index in [1.807, 2.05) is 19.9 Å². The van der Waals surface area contributed by atoms with E-state index in [2.05, 4.69) is 6.92 Å². The largest absolute Gasteiger partial charge is 0.508 e. The summed E-state index contributed by atoms with van der Waals surface area (Å²) in [5.74, 6) is -0.124. The fraction of sp³-hybridized carbons (Fsp3) is 0.471. The Morgan fingerprint density at radius 1 is 1.10 bits per heavy atom. The molecule has 108 valence electrons. The van der Waals surface area contributed by atoms with Gasteiger partial charge in [0, 0.05) is 11.0 Å². The maximum absolute atomic E-state index is 12.5. The van der Waals surface area contributed by atoms with Crippen LogP contribution in [0.25, 0.3) is 0 Å². The molecular formula is C17H22O3. The van der Waals surface area contributed by atoms with Crippen LogP contribution in [0.3, 0.4) is 0 Å². The zero-order valence-electron chi connectivity index (χ0n) is 12.4. The molecule has 1 aromatic rings. The Kier molecular flexibility index (Phi) is 3.89. The van der Waals surface area contributed by atoms with Crippen molar-refractivity contribution in [3.8, 4) is 11.5 Å². The van der Waals surface area contributed by atoms with Crippen molar-refractivity contribution in [2.24, 2.45) is 0 Å². The van der Waals surface area contributed by atoms with Gasteiger partial charge < -0.3 is 10.2 Å². The molecule has 0 amide bonds. The number of rotatable bonds is 4. The summed E-state index contributed by atoms with van der Waals surface area (Å²) in [6.45, 7) is 6.04. The average Bonchev–Trinajstić information content (AvgIpc) is 2.38. The highest BCUT2D eigenvalue weighted by Crippen LogP contribution is 2.44. The van der Waals surface area contributed by atoms with Crippen molar-refractivity contribution in [3.05, 3.63) is 34.9 Å². The van der Waals surface area contributed by atoms with Gasteiger partial charge in [-0.25, -0.2) is 0 Å². The van der Waals surface area contributed by atoms with Crippen LogP contribution in [0.4, 0.5) is 0 Å². The lowest BCUT2D eigenvalue weighted by atomic mass is 9.72. The number of carbonyl (C=O) groups is 1. The molecule has 0 aromatic heterocycles. The fourth-order valence-corrected chi connectivity index (χ4v) is 2.95. The first kappa shape index (κ1) is 14.6. The van der Waals surface area contributed by atoms with Crippen molar-refractivity contribution in [2.75, 3.05) is 0 Å². The summed E-state index contributed by atoms with van der Waals surface area (Å²) >= 11 is 0. The number of phenolic OH excluding ortho intramolecular Hbond substituents is 2. The van der Waals surface area contributed by atoms with Gasteiger partial charge >= 0.3 is 0 Å². The lowest BCUT2D eigenvalue weighted by Gasteiger charge is -2.31. The number of fused-ring (bicyclic) bond motifs is 1. The molecule has 0 heterocycles. The highest BCUT2D eigenvalue weighted by Gasteiger charge is 2.36. The Bertz CT molecular complexity index is 568. The number of hydrogen-bond donors (Lipinski definition) is 2. The fourth-order valence-electron chi connectivity index (χ4n) is 2.95. The number of unbranched alkanes of at least 4 members (excludes halogenated alkanes) is 2. The number of ketones is 1. The number of aromatic hydroxyl groups is 2. The number of Topliss-reactive ketones (excluding diaryl/α,β-unsaturated/α-hetero) is 1. The van der Waals surface area contributed by atoms with E-state index < -0.39 is 5.41 Å². The van der Waals surface area contributed by atoms with Crippen molar-refractivity contribution < 1.29 is 15.0 Å². The van der Waals surface area contributed by atoms with Gasteiger partial charge in [-0.1, -0.05) is 39.7 Å². The van der Waals surface area contributed by atoms with Crippen molar-refractivity contribution in [2.45, 2.75) is 51.9 Å². The van der Waals surface area contributed by atoms with Gasteiger partial charge in [0.2, 0.25) is 0 Å². The van der Waals surface area contributed by atoms with Crippen molar-refractivity contribution in [3.63, 3.8) is 0 Å². The molecular weight excluding hydrogens is 252 g/mol. The monoisotopic (exact) mass is 274 g/mol. The van der Waals surface area contributed by atoms with E-state index in [0.29, 0.717) is 5.56 Å². The number of allylic oxidation sites excluding steroid dienone is 2. The Morgan fingerprint density at radius 3 is 2.40 bits per heavy atom. The number of hydrogen-bond acceptors (Lipinski definition) is 3. The minimum absolute atomic E-state index is 0.0445. The summed E-state index contributed by atoms with van der Waals surface area (Å²) in [6.07, 6.45) is 5.83. The lowest BCUT2D eigenvalue weighted by Crippen LogP contribution is -2.26. The standard InChI is InChI=1S/C17H22O3/c1-4-5-6-7-11-10-17(2,3)15-13(19)9-8-12(18)14(15)16(11)20/h8-10,18-19H,4-7H2,1-3H3. The average molecular weight is 274 g/mol. The molecule has 1 aromatic carbocycles. The molecule has 3 nitrogen and oxygen atoms in total. The number of carbonyl (C=O) groups excluding carboxylic acids is 1. The smallest absolute Gasteiger partial charge is 0.192 e. The molecule has 2 N–H and O–H groups in total. The van der Waals surface area contributed by atoms with E-state index in [1.165, 1.54) is 12.1 Å². The zero-order valence-corrected chi connectivity index (χ0v) is 12.4. The summed E-state index contributed by atoms with van der Waals surface area (Å²) in [5.41, 5.74) is 1.09. The topological polar surface area (TPSA) is 57.5 Å². The third-order valence-corrected chi connectivity index (χ3v) is 3.91. The summed E-state index contributed by atoms with van der Waals surface area (Å²) < 4.78 is 0. The normalized spacial score (nSPS) is 16.8.